The third-order valence-corrected chi connectivity index (χ3v) is 9.45. The van der Waals surface area contributed by atoms with E-state index >= 15 is 0 Å². The van der Waals surface area contributed by atoms with E-state index in [-0.39, 0.29) is 17.8 Å². The molecule has 1 saturated carbocycles. The molecule has 3 fully saturated rings. The van der Waals surface area contributed by atoms with Gasteiger partial charge in [-0.3, -0.25) is 9.36 Å². The summed E-state index contributed by atoms with van der Waals surface area (Å²) in [7, 11) is 2.24. The molecule has 0 amide bonds. The van der Waals surface area contributed by atoms with Gasteiger partial charge in [0, 0.05) is 23.4 Å². The van der Waals surface area contributed by atoms with E-state index in [1.165, 1.54) is 37.0 Å². The van der Waals surface area contributed by atoms with Crippen molar-refractivity contribution in [2.24, 2.45) is 5.92 Å². The Bertz CT molecular complexity index is 1200. The van der Waals surface area contributed by atoms with E-state index < -0.39 is 0 Å². The molecule has 0 spiro atoms. The Hall–Kier alpha value is -2.22. The van der Waals surface area contributed by atoms with Gasteiger partial charge >= 0.3 is 0 Å². The number of piperidine rings is 1. The first-order valence-corrected chi connectivity index (χ1v) is 13.5. The van der Waals surface area contributed by atoms with Crippen molar-refractivity contribution >= 4 is 21.6 Å². The molecule has 7 heteroatoms. The Labute approximate surface area is 204 Å². The van der Waals surface area contributed by atoms with Gasteiger partial charge in [-0.15, -0.1) is 11.3 Å². The van der Waals surface area contributed by atoms with E-state index in [9.17, 15) is 9.90 Å². The largest absolute Gasteiger partial charge is 0.490 e. The average Bonchev–Trinajstić information content (AvgIpc) is 3.54. The average molecular weight is 480 g/mol. The van der Waals surface area contributed by atoms with Crippen LogP contribution in [-0.2, 0) is 6.42 Å². The van der Waals surface area contributed by atoms with Gasteiger partial charge in [0.05, 0.1) is 17.3 Å². The standard InChI is InChI=1S/C27H33N3O3S/c1-29-19-6-7-20(29)13-22(12-19)33-21-10-8-18(9-11-21)30-16-28-24-14-23(34-26(24)27(30)32)15-25(31)17-4-2-3-5-17/h8-11,14,16-17,19-20,22,25,31H,2-7,12-13,15H2,1H3/t19-,20+,22+,25?. The predicted octanol–water partition coefficient (Wildman–Crippen LogP) is 4.54. The molecule has 6 nitrogen and oxygen atoms in total. The van der Waals surface area contributed by atoms with Crippen molar-refractivity contribution in [1.82, 2.24) is 14.5 Å². The van der Waals surface area contributed by atoms with Crippen molar-refractivity contribution in [1.29, 1.82) is 0 Å². The SMILES string of the molecule is CN1[C@@H]2CC[C@H]1C[C@@H](Oc1ccc(-n3cnc4cc(CC(O)C5CCCC5)sc4c3=O)cc1)C2. The third kappa shape index (κ3) is 4.18. The second-order valence-corrected chi connectivity index (χ2v) is 11.6. The molecule has 180 valence electrons. The minimum absolute atomic E-state index is 0.0582. The van der Waals surface area contributed by atoms with Gasteiger partial charge in [-0.25, -0.2) is 4.98 Å². The number of hydrogen-bond acceptors (Lipinski definition) is 6. The zero-order valence-corrected chi connectivity index (χ0v) is 20.5. The van der Waals surface area contributed by atoms with Crippen LogP contribution < -0.4 is 10.3 Å². The summed E-state index contributed by atoms with van der Waals surface area (Å²) in [4.78, 5) is 21.3. The fourth-order valence-corrected chi connectivity index (χ4v) is 7.39. The van der Waals surface area contributed by atoms with Gasteiger partial charge < -0.3 is 14.7 Å². The second-order valence-electron chi connectivity index (χ2n) is 10.4. The van der Waals surface area contributed by atoms with Crippen molar-refractivity contribution in [2.75, 3.05) is 7.05 Å². The molecule has 2 aliphatic heterocycles. The number of nitrogens with zero attached hydrogens (tertiary/aromatic N) is 3. The van der Waals surface area contributed by atoms with Crippen LogP contribution in [0.1, 0.15) is 56.2 Å². The Kier molecular flexibility index (Phi) is 5.95. The molecule has 3 aliphatic rings. The van der Waals surface area contributed by atoms with E-state index in [4.69, 9.17) is 4.74 Å². The number of aliphatic hydroxyl groups is 1. The number of hydrogen-bond donors (Lipinski definition) is 1. The highest BCUT2D eigenvalue weighted by molar-refractivity contribution is 7.18. The topological polar surface area (TPSA) is 67.6 Å². The summed E-state index contributed by atoms with van der Waals surface area (Å²) in [6.45, 7) is 0. The molecular formula is C27H33N3O3S. The highest BCUT2D eigenvalue weighted by Gasteiger charge is 2.39. The number of aromatic nitrogens is 2. The molecule has 1 aliphatic carbocycles. The zero-order chi connectivity index (χ0) is 23.2. The first kappa shape index (κ1) is 22.3. The van der Waals surface area contributed by atoms with Crippen LogP contribution in [0, 0.1) is 5.92 Å². The maximum atomic E-state index is 13.2. The van der Waals surface area contributed by atoms with Crippen LogP contribution in [0.3, 0.4) is 0 Å². The Morgan fingerprint density at radius 1 is 1.12 bits per heavy atom. The minimum atomic E-state index is -0.329. The van der Waals surface area contributed by atoms with E-state index in [0.717, 1.165) is 47.5 Å². The predicted molar refractivity (Wildman–Crippen MR) is 135 cm³/mol. The van der Waals surface area contributed by atoms with Crippen LogP contribution in [0.5, 0.6) is 5.75 Å². The van der Waals surface area contributed by atoms with Crippen LogP contribution >= 0.6 is 11.3 Å². The lowest BCUT2D eigenvalue weighted by molar-refractivity contribution is 0.0662. The number of benzene rings is 1. The molecule has 3 aromatic rings. The van der Waals surface area contributed by atoms with E-state index in [1.807, 2.05) is 30.3 Å². The summed E-state index contributed by atoms with van der Waals surface area (Å²) >= 11 is 1.47. The number of ether oxygens (including phenoxy) is 1. The van der Waals surface area contributed by atoms with Crippen molar-refractivity contribution in [3.63, 3.8) is 0 Å². The van der Waals surface area contributed by atoms with E-state index in [1.54, 1.807) is 10.9 Å². The highest BCUT2D eigenvalue weighted by Crippen LogP contribution is 2.36. The fourth-order valence-electron chi connectivity index (χ4n) is 6.30. The van der Waals surface area contributed by atoms with Crippen LogP contribution in [0.15, 0.2) is 41.5 Å². The van der Waals surface area contributed by atoms with Gasteiger partial charge in [0.1, 0.15) is 22.9 Å². The molecule has 4 heterocycles. The van der Waals surface area contributed by atoms with E-state index in [2.05, 4.69) is 16.9 Å². The van der Waals surface area contributed by atoms with Crippen molar-refractivity contribution in [2.45, 2.75) is 82.1 Å². The highest BCUT2D eigenvalue weighted by atomic mass is 32.1. The Morgan fingerprint density at radius 2 is 1.82 bits per heavy atom. The van der Waals surface area contributed by atoms with Gasteiger partial charge in [-0.2, -0.15) is 0 Å². The lowest BCUT2D eigenvalue weighted by Crippen LogP contribution is -2.43. The zero-order valence-electron chi connectivity index (χ0n) is 19.7. The van der Waals surface area contributed by atoms with Crippen LogP contribution in [0.25, 0.3) is 15.9 Å². The van der Waals surface area contributed by atoms with Gasteiger partial charge in [0.15, 0.2) is 0 Å². The third-order valence-electron chi connectivity index (χ3n) is 8.32. The Morgan fingerprint density at radius 3 is 2.53 bits per heavy atom. The molecule has 0 radical (unpaired) electrons. The molecule has 1 N–H and O–H groups in total. The lowest BCUT2D eigenvalue weighted by atomic mass is 9.98. The first-order valence-electron chi connectivity index (χ1n) is 12.7. The van der Waals surface area contributed by atoms with Gasteiger partial charge in [0.2, 0.25) is 0 Å². The summed E-state index contributed by atoms with van der Waals surface area (Å²) in [6, 6.07) is 11.1. The van der Waals surface area contributed by atoms with Gasteiger partial charge in [-0.05, 0) is 81.8 Å². The van der Waals surface area contributed by atoms with Crippen molar-refractivity contribution in [3.8, 4) is 11.4 Å². The maximum Gasteiger partial charge on any atom is 0.275 e. The molecule has 4 atom stereocenters. The smallest absolute Gasteiger partial charge is 0.275 e. The Balaban J connectivity index is 1.17. The molecular weight excluding hydrogens is 446 g/mol. The summed E-state index contributed by atoms with van der Waals surface area (Å²) in [5.41, 5.74) is 1.45. The van der Waals surface area contributed by atoms with Gasteiger partial charge in [0.25, 0.3) is 5.56 Å². The van der Waals surface area contributed by atoms with E-state index in [0.29, 0.717) is 29.1 Å². The molecule has 1 aromatic carbocycles. The van der Waals surface area contributed by atoms with Crippen LogP contribution in [-0.4, -0.2) is 50.9 Å². The summed E-state index contributed by atoms with van der Waals surface area (Å²) < 4.78 is 8.56. The molecule has 2 saturated heterocycles. The van der Waals surface area contributed by atoms with Crippen LogP contribution in [0.4, 0.5) is 0 Å². The quantitative estimate of drug-likeness (QED) is 0.562. The first-order chi connectivity index (χ1) is 16.5. The number of rotatable bonds is 6. The van der Waals surface area contributed by atoms with Crippen molar-refractivity contribution < 1.29 is 9.84 Å². The van der Waals surface area contributed by atoms with Crippen molar-refractivity contribution in [3.05, 3.63) is 51.9 Å². The van der Waals surface area contributed by atoms with Gasteiger partial charge in [-0.1, -0.05) is 12.8 Å². The lowest BCUT2D eigenvalue weighted by Gasteiger charge is -2.36. The summed E-state index contributed by atoms with van der Waals surface area (Å²) in [5.74, 6) is 1.25. The number of aliphatic hydroxyl groups excluding tert-OH is 1. The maximum absolute atomic E-state index is 13.2. The summed E-state index contributed by atoms with van der Waals surface area (Å²) in [5, 5.41) is 10.6. The molecule has 2 aromatic heterocycles. The monoisotopic (exact) mass is 479 g/mol. The molecule has 2 bridgehead atoms. The number of thiophene rings is 1. The molecule has 1 unspecified atom stereocenters. The minimum Gasteiger partial charge on any atom is -0.490 e. The van der Waals surface area contributed by atoms with Crippen LogP contribution in [0.2, 0.25) is 0 Å². The molecule has 34 heavy (non-hydrogen) atoms. The second kappa shape index (κ2) is 9.10. The molecule has 6 rings (SSSR count). The number of fused-ring (bicyclic) bond motifs is 3. The fraction of sp³-hybridized carbons (Fsp3) is 0.556. The summed E-state index contributed by atoms with van der Waals surface area (Å²) in [6.07, 6.45) is 11.5. The normalized spacial score (nSPS) is 26.4.